The molecule has 0 amide bonds. The predicted octanol–water partition coefficient (Wildman–Crippen LogP) is 3.17. The lowest BCUT2D eigenvalue weighted by Gasteiger charge is -2.17. The van der Waals surface area contributed by atoms with Crippen LogP contribution in [0, 0.1) is 11.3 Å². The maximum atomic E-state index is 9.28. The molecule has 0 spiro atoms. The van der Waals surface area contributed by atoms with Gasteiger partial charge >= 0.3 is 0 Å². The molecule has 1 atom stereocenters. The van der Waals surface area contributed by atoms with Crippen LogP contribution in [0.15, 0.2) is 16.6 Å². The van der Waals surface area contributed by atoms with Gasteiger partial charge in [-0.15, -0.1) is 0 Å². The van der Waals surface area contributed by atoms with E-state index in [-0.39, 0.29) is 12.1 Å². The minimum absolute atomic E-state index is 0.236. The van der Waals surface area contributed by atoms with Crippen LogP contribution in [0.2, 0.25) is 0 Å². The van der Waals surface area contributed by atoms with E-state index in [0.717, 1.165) is 22.2 Å². The van der Waals surface area contributed by atoms with Gasteiger partial charge in [0.2, 0.25) is 0 Å². The number of ether oxygens (including phenoxy) is 2. The molecule has 0 radical (unpaired) electrons. The van der Waals surface area contributed by atoms with E-state index in [0.29, 0.717) is 19.0 Å². The van der Waals surface area contributed by atoms with Crippen LogP contribution in [-0.4, -0.2) is 19.3 Å². The molecular formula is C14H17BrN2O2. The van der Waals surface area contributed by atoms with E-state index in [2.05, 4.69) is 27.3 Å². The summed E-state index contributed by atoms with van der Waals surface area (Å²) in [4.78, 5) is 0. The summed E-state index contributed by atoms with van der Waals surface area (Å²) in [7, 11) is 0. The molecule has 4 nitrogen and oxygen atoms in total. The molecule has 2 rings (SSSR count). The summed E-state index contributed by atoms with van der Waals surface area (Å²) in [6.07, 6.45) is 0.863. The number of nitrogens with one attached hydrogen (secondary N) is 1. The fraction of sp³-hybridized carbons (Fsp3) is 0.500. The second-order valence-corrected chi connectivity index (χ2v) is 5.62. The van der Waals surface area contributed by atoms with Crippen molar-refractivity contribution in [1.82, 2.24) is 5.32 Å². The molecule has 0 aliphatic carbocycles. The summed E-state index contributed by atoms with van der Waals surface area (Å²) >= 11 is 3.49. The molecule has 1 aromatic rings. The zero-order chi connectivity index (χ0) is 13.8. The van der Waals surface area contributed by atoms with Crippen molar-refractivity contribution in [3.8, 4) is 17.6 Å². The van der Waals surface area contributed by atoms with E-state index in [1.807, 2.05) is 26.0 Å². The maximum Gasteiger partial charge on any atom is 0.175 e. The number of halogens is 1. The minimum Gasteiger partial charge on any atom is -0.490 e. The first-order chi connectivity index (χ1) is 9.11. The van der Waals surface area contributed by atoms with Crippen molar-refractivity contribution in [3.63, 3.8) is 0 Å². The Hall–Kier alpha value is -1.25. The van der Waals surface area contributed by atoms with E-state index in [4.69, 9.17) is 9.47 Å². The van der Waals surface area contributed by atoms with Gasteiger partial charge in [-0.25, -0.2) is 0 Å². The summed E-state index contributed by atoms with van der Waals surface area (Å²) in [5.41, 5.74) is 0.882. The Labute approximate surface area is 121 Å². The number of hydrogen-bond acceptors (Lipinski definition) is 4. The van der Waals surface area contributed by atoms with Gasteiger partial charge in [-0.2, -0.15) is 5.26 Å². The van der Waals surface area contributed by atoms with Gasteiger partial charge in [0.1, 0.15) is 6.04 Å². The third-order valence-corrected chi connectivity index (χ3v) is 3.38. The first-order valence-electron chi connectivity index (χ1n) is 6.36. The summed E-state index contributed by atoms with van der Waals surface area (Å²) < 4.78 is 12.2. The van der Waals surface area contributed by atoms with Crippen LogP contribution < -0.4 is 14.8 Å². The van der Waals surface area contributed by atoms with Crippen molar-refractivity contribution >= 4 is 15.9 Å². The second-order valence-electron chi connectivity index (χ2n) is 4.76. The van der Waals surface area contributed by atoms with Gasteiger partial charge in [-0.3, -0.25) is 5.32 Å². The lowest BCUT2D eigenvalue weighted by Crippen LogP contribution is -2.27. The predicted molar refractivity (Wildman–Crippen MR) is 76.4 cm³/mol. The highest BCUT2D eigenvalue weighted by molar-refractivity contribution is 9.10. The molecule has 0 aromatic heterocycles. The van der Waals surface area contributed by atoms with E-state index < -0.39 is 0 Å². The number of fused-ring (bicyclic) bond motifs is 1. The van der Waals surface area contributed by atoms with Crippen molar-refractivity contribution in [1.29, 1.82) is 5.26 Å². The normalized spacial score (nSPS) is 15.7. The summed E-state index contributed by atoms with van der Waals surface area (Å²) in [6, 6.07) is 5.95. The molecule has 19 heavy (non-hydrogen) atoms. The standard InChI is InChI=1S/C14H17BrN2O2/c1-9(2)17-12(8-16)10-6-11(15)14-13(7-10)18-4-3-5-19-14/h6-7,9,12,17H,3-5H2,1-2H3. The Kier molecular flexibility index (Phi) is 4.67. The zero-order valence-electron chi connectivity index (χ0n) is 11.1. The highest BCUT2D eigenvalue weighted by Crippen LogP contribution is 2.39. The topological polar surface area (TPSA) is 54.3 Å². The SMILES string of the molecule is CC(C)NC(C#N)c1cc(Br)c2c(c1)OCCCO2. The minimum atomic E-state index is -0.353. The first kappa shape index (κ1) is 14.2. The van der Waals surface area contributed by atoms with Gasteiger partial charge in [0.25, 0.3) is 0 Å². The fourth-order valence-corrected chi connectivity index (χ4v) is 2.53. The van der Waals surface area contributed by atoms with Crippen LogP contribution in [0.4, 0.5) is 0 Å². The van der Waals surface area contributed by atoms with Gasteiger partial charge in [-0.1, -0.05) is 0 Å². The second kappa shape index (κ2) is 6.27. The first-order valence-corrected chi connectivity index (χ1v) is 7.16. The number of nitrogens with zero attached hydrogens (tertiary/aromatic N) is 1. The molecule has 0 saturated heterocycles. The Morgan fingerprint density at radius 3 is 2.74 bits per heavy atom. The molecule has 1 heterocycles. The average molecular weight is 325 g/mol. The van der Waals surface area contributed by atoms with Crippen LogP contribution in [-0.2, 0) is 0 Å². The molecule has 1 aliphatic heterocycles. The van der Waals surface area contributed by atoms with Gasteiger partial charge < -0.3 is 9.47 Å². The molecule has 0 saturated carbocycles. The van der Waals surface area contributed by atoms with Crippen LogP contribution in [0.3, 0.4) is 0 Å². The average Bonchev–Trinajstić information content (AvgIpc) is 2.61. The lowest BCUT2D eigenvalue weighted by molar-refractivity contribution is 0.296. The molecule has 102 valence electrons. The van der Waals surface area contributed by atoms with E-state index in [9.17, 15) is 5.26 Å². The Balaban J connectivity index is 2.35. The summed E-state index contributed by atoms with van der Waals surface area (Å²) in [5.74, 6) is 1.43. The fourth-order valence-electron chi connectivity index (χ4n) is 1.96. The van der Waals surface area contributed by atoms with Crippen molar-refractivity contribution < 1.29 is 9.47 Å². The molecule has 1 unspecified atom stereocenters. The van der Waals surface area contributed by atoms with E-state index in [1.54, 1.807) is 0 Å². The highest BCUT2D eigenvalue weighted by Gasteiger charge is 2.19. The summed E-state index contributed by atoms with van der Waals surface area (Å²) in [5, 5.41) is 12.5. The zero-order valence-corrected chi connectivity index (χ0v) is 12.7. The number of benzene rings is 1. The Morgan fingerprint density at radius 2 is 2.05 bits per heavy atom. The van der Waals surface area contributed by atoms with Crippen molar-refractivity contribution in [2.45, 2.75) is 32.4 Å². The van der Waals surface area contributed by atoms with Crippen LogP contribution >= 0.6 is 15.9 Å². The van der Waals surface area contributed by atoms with Gasteiger partial charge in [0, 0.05) is 12.5 Å². The van der Waals surface area contributed by atoms with Crippen molar-refractivity contribution in [3.05, 3.63) is 22.2 Å². The van der Waals surface area contributed by atoms with Crippen molar-refractivity contribution in [2.24, 2.45) is 0 Å². The third kappa shape index (κ3) is 3.40. The smallest absolute Gasteiger partial charge is 0.175 e. The highest BCUT2D eigenvalue weighted by atomic mass is 79.9. The molecule has 1 aromatic carbocycles. The number of nitriles is 1. The molecule has 0 bridgehead atoms. The van der Waals surface area contributed by atoms with Gasteiger partial charge in [0.05, 0.1) is 23.8 Å². The van der Waals surface area contributed by atoms with Crippen LogP contribution in [0.1, 0.15) is 31.9 Å². The third-order valence-electron chi connectivity index (χ3n) is 2.79. The largest absolute Gasteiger partial charge is 0.490 e. The number of hydrogen-bond donors (Lipinski definition) is 1. The molecular weight excluding hydrogens is 308 g/mol. The monoisotopic (exact) mass is 324 g/mol. The molecule has 0 fully saturated rings. The molecule has 1 N–H and O–H groups in total. The van der Waals surface area contributed by atoms with E-state index in [1.165, 1.54) is 0 Å². The molecule has 5 heteroatoms. The van der Waals surface area contributed by atoms with Crippen molar-refractivity contribution in [2.75, 3.05) is 13.2 Å². The quantitative estimate of drug-likeness (QED) is 0.927. The maximum absolute atomic E-state index is 9.28. The van der Waals surface area contributed by atoms with Gasteiger partial charge in [0.15, 0.2) is 11.5 Å². The Morgan fingerprint density at radius 1 is 1.32 bits per heavy atom. The summed E-state index contributed by atoms with van der Waals surface area (Å²) in [6.45, 7) is 5.32. The lowest BCUT2D eigenvalue weighted by atomic mass is 10.1. The number of rotatable bonds is 3. The van der Waals surface area contributed by atoms with Crippen LogP contribution in [0.5, 0.6) is 11.5 Å². The van der Waals surface area contributed by atoms with E-state index >= 15 is 0 Å². The van der Waals surface area contributed by atoms with Crippen LogP contribution in [0.25, 0.3) is 0 Å². The molecule has 1 aliphatic rings. The Bertz CT molecular complexity index is 497. The van der Waals surface area contributed by atoms with Gasteiger partial charge in [-0.05, 0) is 47.5 Å².